The smallest absolute Gasteiger partial charge is 0.328 e. The number of amides is 1. The van der Waals surface area contributed by atoms with Gasteiger partial charge >= 0.3 is 5.97 Å². The molecule has 0 saturated carbocycles. The lowest BCUT2D eigenvalue weighted by Crippen LogP contribution is -2.43. The Hall–Kier alpha value is -1.88. The maximum Gasteiger partial charge on any atom is 0.328 e. The molecule has 0 spiro atoms. The number of carboxylic acids is 1. The summed E-state index contributed by atoms with van der Waals surface area (Å²) in [6.07, 6.45) is 3.17. The molecule has 1 amide bonds. The fourth-order valence-corrected chi connectivity index (χ4v) is 1.63. The van der Waals surface area contributed by atoms with E-state index in [2.05, 4.69) is 12.2 Å². The van der Waals surface area contributed by atoms with E-state index in [0.29, 0.717) is 5.56 Å². The summed E-state index contributed by atoms with van der Waals surface area (Å²) in [5.41, 5.74) is 1.54. The number of carboxylic acid groups (broad SMARTS) is 1. The van der Waals surface area contributed by atoms with Crippen molar-refractivity contribution in [3.63, 3.8) is 0 Å². The molecule has 5 heteroatoms. The Morgan fingerprint density at radius 3 is 2.37 bits per heavy atom. The zero-order valence-electron chi connectivity index (χ0n) is 10.9. The summed E-state index contributed by atoms with van der Waals surface area (Å²) in [7, 11) is 0. The van der Waals surface area contributed by atoms with Gasteiger partial charge in [-0.2, -0.15) is 0 Å². The van der Waals surface area contributed by atoms with Crippen LogP contribution in [-0.4, -0.2) is 34.7 Å². The minimum absolute atomic E-state index is 0.389. The van der Waals surface area contributed by atoms with Crippen molar-refractivity contribution in [2.24, 2.45) is 0 Å². The van der Waals surface area contributed by atoms with Crippen molar-refractivity contribution in [1.82, 2.24) is 5.32 Å². The van der Waals surface area contributed by atoms with Gasteiger partial charge in [0.2, 0.25) is 0 Å². The van der Waals surface area contributed by atoms with Crippen LogP contribution in [0.15, 0.2) is 24.3 Å². The number of rotatable bonds is 7. The molecule has 0 aliphatic heterocycles. The SMILES string of the molecule is CCCCc1ccc(C(=O)NC(CO)C(=O)O)cc1. The second-order valence-corrected chi connectivity index (χ2v) is 4.35. The van der Waals surface area contributed by atoms with Crippen LogP contribution in [0.5, 0.6) is 0 Å². The summed E-state index contributed by atoms with van der Waals surface area (Å²) in [6, 6.07) is 5.78. The van der Waals surface area contributed by atoms with Crippen LogP contribution in [0.2, 0.25) is 0 Å². The van der Waals surface area contributed by atoms with Crippen LogP contribution in [0.1, 0.15) is 35.7 Å². The van der Waals surface area contributed by atoms with Crippen molar-refractivity contribution in [2.75, 3.05) is 6.61 Å². The second kappa shape index (κ2) is 7.53. The Balaban J connectivity index is 2.64. The summed E-state index contributed by atoms with van der Waals surface area (Å²) < 4.78 is 0. The van der Waals surface area contributed by atoms with Gasteiger partial charge in [0, 0.05) is 5.56 Å². The minimum Gasteiger partial charge on any atom is -0.480 e. The molecule has 0 bridgehead atoms. The third-order valence-electron chi connectivity index (χ3n) is 2.82. The molecule has 1 unspecified atom stereocenters. The summed E-state index contributed by atoms with van der Waals surface area (Å²) in [6.45, 7) is 1.48. The van der Waals surface area contributed by atoms with Crippen LogP contribution < -0.4 is 5.32 Å². The second-order valence-electron chi connectivity index (χ2n) is 4.35. The van der Waals surface area contributed by atoms with Crippen LogP contribution in [0, 0.1) is 0 Å². The maximum absolute atomic E-state index is 11.8. The summed E-state index contributed by atoms with van der Waals surface area (Å²) in [5.74, 6) is -1.75. The number of hydrogen-bond donors (Lipinski definition) is 3. The molecule has 0 aliphatic rings. The fraction of sp³-hybridized carbons (Fsp3) is 0.429. The zero-order chi connectivity index (χ0) is 14.3. The highest BCUT2D eigenvalue weighted by atomic mass is 16.4. The third kappa shape index (κ3) is 4.71. The first-order valence-electron chi connectivity index (χ1n) is 6.32. The molecular weight excluding hydrogens is 246 g/mol. The van der Waals surface area contributed by atoms with Gasteiger partial charge in [0.1, 0.15) is 0 Å². The molecule has 3 N–H and O–H groups in total. The Morgan fingerprint density at radius 2 is 1.89 bits per heavy atom. The predicted octanol–water partition coefficient (Wildman–Crippen LogP) is 1.20. The van der Waals surface area contributed by atoms with Crippen LogP contribution in [0.4, 0.5) is 0 Å². The highest BCUT2D eigenvalue weighted by Gasteiger charge is 2.19. The number of benzene rings is 1. The van der Waals surface area contributed by atoms with E-state index < -0.39 is 24.5 Å². The van der Waals surface area contributed by atoms with Gasteiger partial charge in [0.05, 0.1) is 6.61 Å². The number of hydrogen-bond acceptors (Lipinski definition) is 3. The molecule has 0 aromatic heterocycles. The van der Waals surface area contributed by atoms with Crippen molar-refractivity contribution < 1.29 is 19.8 Å². The average Bonchev–Trinajstić information content (AvgIpc) is 2.42. The Morgan fingerprint density at radius 1 is 1.26 bits per heavy atom. The lowest BCUT2D eigenvalue weighted by atomic mass is 10.1. The number of nitrogens with one attached hydrogen (secondary N) is 1. The highest BCUT2D eigenvalue weighted by Crippen LogP contribution is 2.08. The largest absolute Gasteiger partial charge is 0.480 e. The topological polar surface area (TPSA) is 86.6 Å². The number of carbonyl (C=O) groups is 2. The zero-order valence-corrected chi connectivity index (χ0v) is 10.9. The predicted molar refractivity (Wildman–Crippen MR) is 71.0 cm³/mol. The van der Waals surface area contributed by atoms with Crippen molar-refractivity contribution in [2.45, 2.75) is 32.2 Å². The molecule has 0 fully saturated rings. The molecular formula is C14H19NO4. The number of aliphatic hydroxyl groups excluding tert-OH is 1. The Kier molecular flexibility index (Phi) is 6.02. The number of aliphatic hydroxyl groups is 1. The van der Waals surface area contributed by atoms with Crippen LogP contribution >= 0.6 is 0 Å². The van der Waals surface area contributed by atoms with E-state index in [1.165, 1.54) is 0 Å². The van der Waals surface area contributed by atoms with Gasteiger partial charge in [-0.25, -0.2) is 4.79 Å². The van der Waals surface area contributed by atoms with E-state index in [-0.39, 0.29) is 0 Å². The maximum atomic E-state index is 11.8. The van der Waals surface area contributed by atoms with Crippen molar-refractivity contribution in [3.8, 4) is 0 Å². The van der Waals surface area contributed by atoms with E-state index in [1.54, 1.807) is 12.1 Å². The molecule has 0 heterocycles. The lowest BCUT2D eigenvalue weighted by Gasteiger charge is -2.11. The molecule has 0 radical (unpaired) electrons. The van der Waals surface area contributed by atoms with Gasteiger partial charge in [-0.15, -0.1) is 0 Å². The van der Waals surface area contributed by atoms with Crippen molar-refractivity contribution in [3.05, 3.63) is 35.4 Å². The van der Waals surface area contributed by atoms with E-state index in [1.807, 2.05) is 12.1 Å². The van der Waals surface area contributed by atoms with Gasteiger partial charge < -0.3 is 15.5 Å². The minimum atomic E-state index is -1.27. The highest BCUT2D eigenvalue weighted by molar-refractivity contribution is 5.96. The average molecular weight is 265 g/mol. The van der Waals surface area contributed by atoms with Gasteiger partial charge in [-0.1, -0.05) is 25.5 Å². The van der Waals surface area contributed by atoms with Gasteiger partial charge in [0.15, 0.2) is 6.04 Å². The third-order valence-corrected chi connectivity index (χ3v) is 2.82. The fourth-order valence-electron chi connectivity index (χ4n) is 1.63. The number of aryl methyl sites for hydroxylation is 1. The van der Waals surface area contributed by atoms with Crippen LogP contribution in [-0.2, 0) is 11.2 Å². The van der Waals surface area contributed by atoms with Crippen molar-refractivity contribution in [1.29, 1.82) is 0 Å². The van der Waals surface area contributed by atoms with Gasteiger partial charge in [0.25, 0.3) is 5.91 Å². The number of carbonyl (C=O) groups excluding carboxylic acids is 1. The quantitative estimate of drug-likeness (QED) is 0.691. The van der Waals surface area contributed by atoms with Gasteiger partial charge in [-0.3, -0.25) is 4.79 Å². The normalized spacial score (nSPS) is 11.9. The first-order valence-corrected chi connectivity index (χ1v) is 6.32. The Labute approximate surface area is 112 Å². The standard InChI is InChI=1S/C14H19NO4/c1-2-3-4-10-5-7-11(8-6-10)13(17)15-12(9-16)14(18)19/h5-8,12,16H,2-4,9H2,1H3,(H,15,17)(H,18,19). The molecule has 1 aromatic carbocycles. The van der Waals surface area contributed by atoms with E-state index >= 15 is 0 Å². The molecule has 19 heavy (non-hydrogen) atoms. The Bertz CT molecular complexity index is 428. The molecule has 1 aromatic rings. The first kappa shape index (κ1) is 15.2. The number of unbranched alkanes of at least 4 members (excludes halogenated alkanes) is 1. The summed E-state index contributed by atoms with van der Waals surface area (Å²) in [4.78, 5) is 22.5. The lowest BCUT2D eigenvalue weighted by molar-refractivity contribution is -0.140. The van der Waals surface area contributed by atoms with Gasteiger partial charge in [-0.05, 0) is 30.5 Å². The van der Waals surface area contributed by atoms with Crippen LogP contribution in [0.25, 0.3) is 0 Å². The molecule has 5 nitrogen and oxygen atoms in total. The number of aliphatic carboxylic acids is 1. The summed E-state index contributed by atoms with van der Waals surface area (Å²) >= 11 is 0. The molecule has 1 rings (SSSR count). The van der Waals surface area contributed by atoms with E-state index in [4.69, 9.17) is 10.2 Å². The summed E-state index contributed by atoms with van der Waals surface area (Å²) in [5, 5.41) is 19.8. The van der Waals surface area contributed by atoms with Crippen LogP contribution in [0.3, 0.4) is 0 Å². The molecule has 1 atom stereocenters. The monoisotopic (exact) mass is 265 g/mol. The first-order chi connectivity index (χ1) is 9.08. The molecule has 0 saturated heterocycles. The van der Waals surface area contributed by atoms with E-state index in [0.717, 1.165) is 24.8 Å². The molecule has 0 aliphatic carbocycles. The van der Waals surface area contributed by atoms with Crippen molar-refractivity contribution >= 4 is 11.9 Å². The molecule has 104 valence electrons. The van der Waals surface area contributed by atoms with E-state index in [9.17, 15) is 9.59 Å².